The van der Waals surface area contributed by atoms with E-state index in [9.17, 15) is 9.59 Å². The van der Waals surface area contributed by atoms with Crippen LogP contribution < -0.4 is 10.6 Å². The molecule has 0 N–H and O–H groups in total. The summed E-state index contributed by atoms with van der Waals surface area (Å²) in [4.78, 5) is 44.7. The van der Waals surface area contributed by atoms with Crippen LogP contribution in [0, 0.1) is 5.82 Å². The van der Waals surface area contributed by atoms with Crippen LogP contribution in [0.4, 0.5) is 10.2 Å². The third-order valence-corrected chi connectivity index (χ3v) is 8.35. The molecule has 5 rings (SSSR count). The van der Waals surface area contributed by atoms with E-state index >= 15 is 4.39 Å². The van der Waals surface area contributed by atoms with E-state index in [1.165, 1.54) is 21.6 Å². The Morgan fingerprint density at radius 2 is 1.98 bits per heavy atom. The number of pyridine rings is 2. The van der Waals surface area contributed by atoms with Crippen molar-refractivity contribution in [3.05, 3.63) is 93.9 Å². The van der Waals surface area contributed by atoms with Crippen LogP contribution in [0.15, 0.2) is 60.5 Å². The van der Waals surface area contributed by atoms with Gasteiger partial charge >= 0.3 is 5.69 Å². The maximum Gasteiger partial charge on any atom is 0.355 e. The number of anilines is 1. The number of aryl methyl sites for hydroxylation is 1. The first kappa shape index (κ1) is 28.4. The molecule has 3 aromatic heterocycles. The van der Waals surface area contributed by atoms with Crippen LogP contribution in [-0.2, 0) is 11.2 Å². The van der Waals surface area contributed by atoms with Gasteiger partial charge in [0.05, 0.1) is 30.2 Å². The summed E-state index contributed by atoms with van der Waals surface area (Å²) in [5, 5.41) is 0.629. The van der Waals surface area contributed by atoms with Gasteiger partial charge in [-0.1, -0.05) is 63.7 Å². The predicted molar refractivity (Wildman–Crippen MR) is 175 cm³/mol. The predicted octanol–water partition coefficient (Wildman–Crippen LogP) is 6.58. The Bertz CT molecular complexity index is 1930. The second-order valence-electron chi connectivity index (χ2n) is 11.3. The van der Waals surface area contributed by atoms with Crippen LogP contribution in [0.5, 0.6) is 0 Å². The minimum atomic E-state index is -0.589. The fraction of sp³-hybridized carbons (Fsp3) is 0.324. The Hall–Kier alpha value is -4.37. The summed E-state index contributed by atoms with van der Waals surface area (Å²) in [7, 11) is 0. The van der Waals surface area contributed by atoms with E-state index in [2.05, 4.69) is 16.5 Å². The highest BCUT2D eigenvalue weighted by Gasteiger charge is 2.34. The Labute approximate surface area is 264 Å². The molecule has 0 aliphatic carbocycles. The Balaban J connectivity index is 1.84. The highest BCUT2D eigenvalue weighted by atomic mass is 35.5. The molecule has 44 heavy (non-hydrogen) atoms. The number of rotatable bonds is 7. The number of carbonyl (C=O) groups excluding carboxylic acids is 1. The molecule has 1 fully saturated rings. The highest BCUT2D eigenvalue weighted by Crippen LogP contribution is 2.38. The highest BCUT2D eigenvalue weighted by molar-refractivity contribution is 6.34. The standard InChI is InChI=1S/C34H36ClFN6O2/c1-8-22-12-11-13-26(36)28(22)30-25(35)16-24-32(38-30)42(31-23(9-2)14-15-37-29(31)19(4)5)34(44)39-33(24)41-20(6)17-40(18-21(41)7)27(43)10-3/h8,10-16,19-21H,1,3,9,17-18H2,2,4-7H3/t20-,21-/m0/s1/i3D,10D. The molecule has 1 aliphatic heterocycles. The zero-order valence-corrected chi connectivity index (χ0v) is 26.2. The van der Waals surface area contributed by atoms with E-state index in [0.29, 0.717) is 34.6 Å². The van der Waals surface area contributed by atoms with Crippen LogP contribution in [-0.4, -0.2) is 55.5 Å². The zero-order chi connectivity index (χ0) is 33.4. The van der Waals surface area contributed by atoms with Crippen molar-refractivity contribution in [2.45, 2.75) is 59.0 Å². The molecule has 4 aromatic rings. The van der Waals surface area contributed by atoms with E-state index < -0.39 is 23.5 Å². The van der Waals surface area contributed by atoms with Crippen LogP contribution in [0.2, 0.25) is 5.02 Å². The Kier molecular flexibility index (Phi) is 7.95. The minimum Gasteiger partial charge on any atom is -0.347 e. The van der Waals surface area contributed by atoms with Gasteiger partial charge in [0.25, 0.3) is 0 Å². The fourth-order valence-electron chi connectivity index (χ4n) is 6.12. The second-order valence-corrected chi connectivity index (χ2v) is 11.7. The maximum atomic E-state index is 15.4. The van der Waals surface area contributed by atoms with Crippen molar-refractivity contribution < 1.29 is 11.9 Å². The van der Waals surface area contributed by atoms with Gasteiger partial charge in [0, 0.05) is 36.9 Å². The monoisotopic (exact) mass is 616 g/mol. The van der Waals surface area contributed by atoms with Gasteiger partial charge in [0.15, 0.2) is 5.65 Å². The van der Waals surface area contributed by atoms with E-state index in [1.807, 2.05) is 45.6 Å². The van der Waals surface area contributed by atoms with Gasteiger partial charge in [-0.2, -0.15) is 4.98 Å². The zero-order valence-electron chi connectivity index (χ0n) is 27.4. The van der Waals surface area contributed by atoms with E-state index in [1.54, 1.807) is 24.4 Å². The number of amides is 1. The molecule has 0 radical (unpaired) electrons. The summed E-state index contributed by atoms with van der Waals surface area (Å²) >= 11 is 6.91. The van der Waals surface area contributed by atoms with Crippen LogP contribution in [0.1, 0.15) is 60.1 Å². The molecule has 0 saturated carbocycles. The summed E-state index contributed by atoms with van der Waals surface area (Å²) in [5.74, 6) is -0.786. The number of fused-ring (bicyclic) bond motifs is 1. The first-order chi connectivity index (χ1) is 21.9. The fourth-order valence-corrected chi connectivity index (χ4v) is 6.36. The molecule has 0 unspecified atom stereocenters. The van der Waals surface area contributed by atoms with Crippen LogP contribution >= 0.6 is 11.6 Å². The summed E-state index contributed by atoms with van der Waals surface area (Å²) in [6, 6.07) is 7.09. The van der Waals surface area contributed by atoms with Gasteiger partial charge < -0.3 is 9.80 Å². The largest absolute Gasteiger partial charge is 0.355 e. The molecule has 228 valence electrons. The van der Waals surface area contributed by atoms with Gasteiger partial charge in [-0.15, -0.1) is 0 Å². The number of hydrogen-bond donors (Lipinski definition) is 0. The van der Waals surface area contributed by atoms with Crippen molar-refractivity contribution in [1.29, 1.82) is 0 Å². The number of hydrogen-bond acceptors (Lipinski definition) is 6. The molecule has 0 bridgehead atoms. The molecular formula is C34H36ClFN6O2. The lowest BCUT2D eigenvalue weighted by atomic mass is 10.0. The summed E-state index contributed by atoms with van der Waals surface area (Å²) in [6.07, 6.45) is 3.86. The lowest BCUT2D eigenvalue weighted by molar-refractivity contribution is -0.127. The van der Waals surface area contributed by atoms with Crippen molar-refractivity contribution in [1.82, 2.24) is 24.4 Å². The first-order valence-electron chi connectivity index (χ1n) is 15.7. The number of benzene rings is 1. The average molecular weight is 617 g/mol. The molecule has 1 saturated heterocycles. The topological polar surface area (TPSA) is 84.2 Å². The van der Waals surface area contributed by atoms with Crippen molar-refractivity contribution >= 4 is 40.4 Å². The smallest absolute Gasteiger partial charge is 0.347 e. The lowest BCUT2D eigenvalue weighted by Gasteiger charge is -2.45. The molecule has 2 atom stereocenters. The van der Waals surface area contributed by atoms with Gasteiger partial charge in [0.2, 0.25) is 5.91 Å². The van der Waals surface area contributed by atoms with E-state index in [-0.39, 0.29) is 53.0 Å². The molecule has 8 nitrogen and oxygen atoms in total. The van der Waals surface area contributed by atoms with Crippen molar-refractivity contribution in [3.63, 3.8) is 0 Å². The number of nitrogens with zero attached hydrogens (tertiary/aromatic N) is 6. The Morgan fingerprint density at radius 3 is 2.61 bits per heavy atom. The molecule has 0 spiro atoms. The SMILES string of the molecule is [2H]C=C([2H])C(=O)N1C[C@H](C)N(c2nc(=O)n(-c3c(CC)ccnc3C(C)C)c3nc(-c4c(F)cccc4C=C)c(Cl)cc23)[C@@H](C)C1. The quantitative estimate of drug-likeness (QED) is 0.218. The normalized spacial score (nSPS) is 18.0. The van der Waals surface area contributed by atoms with E-state index in [0.717, 1.165) is 12.1 Å². The molecule has 4 heterocycles. The maximum absolute atomic E-state index is 15.4. The van der Waals surface area contributed by atoms with Gasteiger partial charge in [-0.05, 0) is 61.6 Å². The summed E-state index contributed by atoms with van der Waals surface area (Å²) in [5.41, 5.74) is 2.60. The number of piperazine rings is 1. The van der Waals surface area contributed by atoms with Crippen molar-refractivity contribution in [2.24, 2.45) is 0 Å². The van der Waals surface area contributed by atoms with Crippen molar-refractivity contribution in [2.75, 3.05) is 18.0 Å². The molecular weight excluding hydrogens is 579 g/mol. The molecule has 1 amide bonds. The Morgan fingerprint density at radius 1 is 1.25 bits per heavy atom. The van der Waals surface area contributed by atoms with Crippen LogP contribution in [0.25, 0.3) is 34.1 Å². The van der Waals surface area contributed by atoms with E-state index in [4.69, 9.17) is 19.3 Å². The molecule has 10 heteroatoms. The third-order valence-electron chi connectivity index (χ3n) is 8.07. The molecule has 1 aromatic carbocycles. The number of halogens is 2. The van der Waals surface area contributed by atoms with Gasteiger partial charge in [0.1, 0.15) is 11.6 Å². The summed E-state index contributed by atoms with van der Waals surface area (Å²) in [6.45, 7) is 14.8. The number of carbonyl (C=O) groups is 1. The lowest BCUT2D eigenvalue weighted by Crippen LogP contribution is -2.58. The minimum absolute atomic E-state index is 0.0424. The average Bonchev–Trinajstić information content (AvgIpc) is 3.03. The summed E-state index contributed by atoms with van der Waals surface area (Å²) < 4.78 is 32.1. The van der Waals surface area contributed by atoms with Gasteiger partial charge in [-0.25, -0.2) is 18.7 Å². The first-order valence-corrected chi connectivity index (χ1v) is 15.0. The van der Waals surface area contributed by atoms with Crippen LogP contribution in [0.3, 0.4) is 0 Å². The molecule has 1 aliphatic rings. The van der Waals surface area contributed by atoms with Crippen molar-refractivity contribution in [3.8, 4) is 16.9 Å². The third kappa shape index (κ3) is 5.30. The second kappa shape index (κ2) is 12.3. The van der Waals surface area contributed by atoms with Gasteiger partial charge in [-0.3, -0.25) is 9.78 Å². The number of aromatic nitrogens is 4.